The zero-order valence-electron chi connectivity index (χ0n) is 11.1. The summed E-state index contributed by atoms with van der Waals surface area (Å²) in [4.78, 5) is 2.60. The molecule has 1 heterocycles. The van der Waals surface area contributed by atoms with E-state index in [1.165, 1.54) is 26.1 Å². The molecule has 2 aliphatic rings. The third-order valence-corrected chi connectivity index (χ3v) is 4.21. The molecule has 3 heteroatoms. The molecule has 0 amide bonds. The summed E-state index contributed by atoms with van der Waals surface area (Å²) in [7, 11) is 0. The Labute approximate surface area is 100.0 Å². The predicted molar refractivity (Wildman–Crippen MR) is 68.7 cm³/mol. The van der Waals surface area contributed by atoms with Crippen LogP contribution >= 0.6 is 0 Å². The van der Waals surface area contributed by atoms with Crippen LogP contribution in [0.2, 0.25) is 0 Å². The van der Waals surface area contributed by atoms with Crippen LogP contribution in [-0.4, -0.2) is 49.7 Å². The summed E-state index contributed by atoms with van der Waals surface area (Å²) in [6.45, 7) is 14.1. The summed E-state index contributed by atoms with van der Waals surface area (Å²) < 4.78 is 0. The van der Waals surface area contributed by atoms with E-state index >= 15 is 0 Å². The lowest BCUT2D eigenvalue weighted by molar-refractivity contribution is 0.102. The molecule has 16 heavy (non-hydrogen) atoms. The Morgan fingerprint density at radius 3 is 2.50 bits per heavy atom. The zero-order valence-corrected chi connectivity index (χ0v) is 11.1. The average Bonchev–Trinajstić information content (AvgIpc) is 2.96. The van der Waals surface area contributed by atoms with E-state index in [2.05, 4.69) is 36.3 Å². The van der Waals surface area contributed by atoms with E-state index in [0.29, 0.717) is 5.54 Å². The van der Waals surface area contributed by atoms with Crippen LogP contribution in [0.5, 0.6) is 0 Å². The maximum absolute atomic E-state index is 3.65. The molecule has 0 aromatic heterocycles. The fourth-order valence-corrected chi connectivity index (χ4v) is 2.63. The predicted octanol–water partition coefficient (Wildman–Crippen LogP) is 0.916. The summed E-state index contributed by atoms with van der Waals surface area (Å²) in [5.74, 6) is 1.92. The van der Waals surface area contributed by atoms with Crippen molar-refractivity contribution < 1.29 is 0 Å². The Bertz CT molecular complexity index is 221. The van der Waals surface area contributed by atoms with E-state index in [1.54, 1.807) is 0 Å². The Morgan fingerprint density at radius 2 is 1.94 bits per heavy atom. The third kappa shape index (κ3) is 3.19. The Kier molecular flexibility index (Phi) is 3.88. The monoisotopic (exact) mass is 225 g/mol. The molecule has 0 radical (unpaired) electrons. The highest BCUT2D eigenvalue weighted by Crippen LogP contribution is 2.36. The number of hydrogen-bond acceptors (Lipinski definition) is 3. The van der Waals surface area contributed by atoms with Crippen molar-refractivity contribution in [2.45, 2.75) is 32.7 Å². The number of nitrogens with zero attached hydrogens (tertiary/aromatic N) is 1. The molecule has 2 unspecified atom stereocenters. The summed E-state index contributed by atoms with van der Waals surface area (Å²) in [5.41, 5.74) is 0.306. The lowest BCUT2D eigenvalue weighted by atomic mass is 10.0. The highest BCUT2D eigenvalue weighted by molar-refractivity contribution is 4.89. The van der Waals surface area contributed by atoms with Gasteiger partial charge < -0.3 is 10.6 Å². The van der Waals surface area contributed by atoms with Crippen LogP contribution < -0.4 is 10.6 Å². The fraction of sp³-hybridized carbons (Fsp3) is 1.00. The number of hydrogen-bond donors (Lipinski definition) is 2. The first-order chi connectivity index (χ1) is 7.59. The highest BCUT2D eigenvalue weighted by Gasteiger charge is 2.33. The molecule has 0 aromatic carbocycles. The molecule has 94 valence electrons. The lowest BCUT2D eigenvalue weighted by Gasteiger charge is -2.41. The standard InChI is InChI=1S/C13H27N3/c1-11-8-12(11)9-15-10-13(2,3)16-6-4-14-5-7-16/h11-12,14-15H,4-10H2,1-3H3. The van der Waals surface area contributed by atoms with Gasteiger partial charge >= 0.3 is 0 Å². The van der Waals surface area contributed by atoms with Crippen LogP contribution in [0.1, 0.15) is 27.2 Å². The van der Waals surface area contributed by atoms with Gasteiger partial charge in [0.2, 0.25) is 0 Å². The van der Waals surface area contributed by atoms with Crippen molar-refractivity contribution in [3.8, 4) is 0 Å². The molecule has 2 rings (SSSR count). The van der Waals surface area contributed by atoms with Crippen molar-refractivity contribution in [3.05, 3.63) is 0 Å². The summed E-state index contributed by atoms with van der Waals surface area (Å²) >= 11 is 0. The van der Waals surface area contributed by atoms with Crippen LogP contribution in [-0.2, 0) is 0 Å². The van der Waals surface area contributed by atoms with Gasteiger partial charge in [0.25, 0.3) is 0 Å². The minimum atomic E-state index is 0.306. The van der Waals surface area contributed by atoms with Crippen LogP contribution in [0.25, 0.3) is 0 Å². The van der Waals surface area contributed by atoms with E-state index in [9.17, 15) is 0 Å². The van der Waals surface area contributed by atoms with E-state index in [0.717, 1.165) is 31.5 Å². The zero-order chi connectivity index (χ0) is 11.6. The summed E-state index contributed by atoms with van der Waals surface area (Å²) in [6.07, 6.45) is 1.43. The van der Waals surface area contributed by atoms with E-state index < -0.39 is 0 Å². The van der Waals surface area contributed by atoms with Crippen molar-refractivity contribution >= 4 is 0 Å². The topological polar surface area (TPSA) is 27.3 Å². The van der Waals surface area contributed by atoms with Gasteiger partial charge in [-0.1, -0.05) is 6.92 Å². The highest BCUT2D eigenvalue weighted by atomic mass is 15.2. The number of nitrogens with one attached hydrogen (secondary N) is 2. The van der Waals surface area contributed by atoms with Gasteiger partial charge in [-0.2, -0.15) is 0 Å². The average molecular weight is 225 g/mol. The Hall–Kier alpha value is -0.120. The fourth-order valence-electron chi connectivity index (χ4n) is 2.63. The van der Waals surface area contributed by atoms with E-state index in [1.807, 2.05) is 0 Å². The van der Waals surface area contributed by atoms with Gasteiger partial charge in [0.1, 0.15) is 0 Å². The van der Waals surface area contributed by atoms with Crippen LogP contribution in [0.3, 0.4) is 0 Å². The van der Waals surface area contributed by atoms with E-state index in [4.69, 9.17) is 0 Å². The smallest absolute Gasteiger partial charge is 0.0278 e. The molecule has 1 saturated heterocycles. The first kappa shape index (κ1) is 12.3. The second-order valence-corrected chi connectivity index (χ2v) is 6.15. The van der Waals surface area contributed by atoms with Crippen molar-refractivity contribution in [2.24, 2.45) is 11.8 Å². The van der Waals surface area contributed by atoms with E-state index in [-0.39, 0.29) is 0 Å². The van der Waals surface area contributed by atoms with Gasteiger partial charge in [0.15, 0.2) is 0 Å². The van der Waals surface area contributed by atoms with Crippen molar-refractivity contribution in [1.82, 2.24) is 15.5 Å². The maximum Gasteiger partial charge on any atom is 0.0278 e. The number of piperazine rings is 1. The molecule has 3 nitrogen and oxygen atoms in total. The molecule has 1 saturated carbocycles. The van der Waals surface area contributed by atoms with Crippen molar-refractivity contribution in [3.63, 3.8) is 0 Å². The third-order valence-electron chi connectivity index (χ3n) is 4.21. The van der Waals surface area contributed by atoms with Gasteiger partial charge in [-0.25, -0.2) is 0 Å². The lowest BCUT2D eigenvalue weighted by Crippen LogP contribution is -2.57. The molecule has 2 N–H and O–H groups in total. The Balaban J connectivity index is 1.68. The quantitative estimate of drug-likeness (QED) is 0.728. The second kappa shape index (κ2) is 5.03. The number of rotatable bonds is 5. The van der Waals surface area contributed by atoms with Crippen LogP contribution in [0.4, 0.5) is 0 Å². The second-order valence-electron chi connectivity index (χ2n) is 6.15. The molecule has 0 aromatic rings. The van der Waals surface area contributed by atoms with Gasteiger partial charge in [0.05, 0.1) is 0 Å². The van der Waals surface area contributed by atoms with Gasteiger partial charge in [-0.3, -0.25) is 4.90 Å². The minimum absolute atomic E-state index is 0.306. The molecule has 1 aliphatic carbocycles. The van der Waals surface area contributed by atoms with Crippen LogP contribution in [0.15, 0.2) is 0 Å². The first-order valence-electron chi connectivity index (χ1n) is 6.76. The summed E-state index contributed by atoms with van der Waals surface area (Å²) in [5, 5.41) is 7.07. The summed E-state index contributed by atoms with van der Waals surface area (Å²) in [6, 6.07) is 0. The maximum atomic E-state index is 3.65. The molecule has 1 aliphatic heterocycles. The van der Waals surface area contributed by atoms with Gasteiger partial charge in [-0.05, 0) is 38.6 Å². The molecule has 2 fully saturated rings. The SMILES string of the molecule is CC1CC1CNCC(C)(C)N1CCNCC1. The van der Waals surface area contributed by atoms with Gasteiger partial charge in [-0.15, -0.1) is 0 Å². The van der Waals surface area contributed by atoms with Crippen molar-refractivity contribution in [2.75, 3.05) is 39.3 Å². The molecule has 0 bridgehead atoms. The normalized spacial score (nSPS) is 31.7. The Morgan fingerprint density at radius 1 is 1.31 bits per heavy atom. The largest absolute Gasteiger partial charge is 0.315 e. The molecule has 2 atom stereocenters. The van der Waals surface area contributed by atoms with Crippen LogP contribution in [0, 0.1) is 11.8 Å². The minimum Gasteiger partial charge on any atom is -0.315 e. The molecular formula is C13H27N3. The first-order valence-corrected chi connectivity index (χ1v) is 6.76. The molecular weight excluding hydrogens is 198 g/mol. The molecule has 0 spiro atoms. The van der Waals surface area contributed by atoms with Crippen molar-refractivity contribution in [1.29, 1.82) is 0 Å². The van der Waals surface area contributed by atoms with Gasteiger partial charge in [0, 0.05) is 38.3 Å².